The van der Waals surface area contributed by atoms with Crippen LogP contribution in [0.15, 0.2) is 59.3 Å². The average molecular weight is 462 g/mol. The van der Waals surface area contributed by atoms with Crippen LogP contribution in [0, 0.1) is 17.2 Å². The molecule has 4 unspecified atom stereocenters. The summed E-state index contributed by atoms with van der Waals surface area (Å²) in [5.41, 5.74) is 1.29. The SMILES string of the molecule is CCN1C(=O)C2C(c3ccc(C#N)cc3)C(C(=O)c3cccs3)C(c3cccs3)N2C1=O. The van der Waals surface area contributed by atoms with E-state index in [1.807, 2.05) is 29.0 Å². The summed E-state index contributed by atoms with van der Waals surface area (Å²) < 4.78 is 0. The normalized spacial score (nSPS) is 24.6. The number of ketones is 1. The Morgan fingerprint density at radius 2 is 1.75 bits per heavy atom. The van der Waals surface area contributed by atoms with Gasteiger partial charge in [0.15, 0.2) is 5.78 Å². The number of carbonyl (C=O) groups excluding carboxylic acids is 3. The van der Waals surface area contributed by atoms with Gasteiger partial charge in [-0.15, -0.1) is 22.7 Å². The van der Waals surface area contributed by atoms with E-state index in [0.717, 1.165) is 10.4 Å². The number of rotatable bonds is 5. The second-order valence-electron chi connectivity index (χ2n) is 7.80. The highest BCUT2D eigenvalue weighted by atomic mass is 32.1. The molecule has 0 aliphatic carbocycles. The van der Waals surface area contributed by atoms with Gasteiger partial charge in [-0.05, 0) is 47.5 Å². The molecule has 1 aromatic carbocycles. The van der Waals surface area contributed by atoms with Gasteiger partial charge in [-0.25, -0.2) is 4.79 Å². The zero-order valence-electron chi connectivity index (χ0n) is 17.2. The van der Waals surface area contributed by atoms with Crippen molar-refractivity contribution in [3.63, 3.8) is 0 Å². The van der Waals surface area contributed by atoms with E-state index in [2.05, 4.69) is 6.07 Å². The summed E-state index contributed by atoms with van der Waals surface area (Å²) in [6, 6.07) is 14.9. The van der Waals surface area contributed by atoms with Gasteiger partial charge in [-0.1, -0.05) is 24.3 Å². The zero-order chi connectivity index (χ0) is 22.4. The number of nitriles is 1. The van der Waals surface area contributed by atoms with Crippen molar-refractivity contribution >= 4 is 40.4 Å². The van der Waals surface area contributed by atoms with Crippen LogP contribution in [0.4, 0.5) is 4.79 Å². The number of urea groups is 1. The molecule has 3 amide bonds. The summed E-state index contributed by atoms with van der Waals surface area (Å²) >= 11 is 2.85. The third-order valence-electron chi connectivity index (χ3n) is 6.28. The lowest BCUT2D eigenvalue weighted by Gasteiger charge is -2.27. The second kappa shape index (κ2) is 8.01. The number of thiophene rings is 2. The summed E-state index contributed by atoms with van der Waals surface area (Å²) in [4.78, 5) is 45.0. The Morgan fingerprint density at radius 1 is 1.03 bits per heavy atom. The first-order chi connectivity index (χ1) is 15.6. The number of carbonyl (C=O) groups is 3. The molecule has 8 heteroatoms. The van der Waals surface area contributed by atoms with Crippen molar-refractivity contribution in [2.24, 2.45) is 5.92 Å². The summed E-state index contributed by atoms with van der Waals surface area (Å²) in [5, 5.41) is 13.0. The molecule has 2 saturated heterocycles. The van der Waals surface area contributed by atoms with Crippen molar-refractivity contribution in [2.45, 2.75) is 24.9 Å². The number of Topliss-reactive ketones (excluding diaryl/α,β-unsaturated/α-hetero) is 1. The first-order valence-corrected chi connectivity index (χ1v) is 12.1. The quantitative estimate of drug-likeness (QED) is 0.408. The van der Waals surface area contributed by atoms with E-state index in [4.69, 9.17) is 0 Å². The van der Waals surface area contributed by atoms with Crippen molar-refractivity contribution in [3.05, 3.63) is 80.2 Å². The first-order valence-electron chi connectivity index (χ1n) is 10.3. The maximum atomic E-state index is 13.8. The van der Waals surface area contributed by atoms with E-state index >= 15 is 0 Å². The van der Waals surface area contributed by atoms with Crippen molar-refractivity contribution in [1.29, 1.82) is 5.26 Å². The topological polar surface area (TPSA) is 81.5 Å². The maximum absolute atomic E-state index is 13.8. The summed E-state index contributed by atoms with van der Waals surface area (Å²) in [5.74, 6) is -1.43. The fourth-order valence-corrected chi connectivity index (χ4v) is 6.52. The Hall–Kier alpha value is -3.28. The van der Waals surface area contributed by atoms with E-state index in [-0.39, 0.29) is 24.3 Å². The van der Waals surface area contributed by atoms with E-state index in [0.29, 0.717) is 10.4 Å². The van der Waals surface area contributed by atoms with Gasteiger partial charge < -0.3 is 4.90 Å². The molecule has 0 bridgehead atoms. The number of amides is 3. The predicted octanol–water partition coefficient (Wildman–Crippen LogP) is 4.67. The fourth-order valence-electron chi connectivity index (χ4n) is 4.94. The van der Waals surface area contributed by atoms with Gasteiger partial charge in [0, 0.05) is 17.3 Å². The Kier molecular flexibility index (Phi) is 5.16. The van der Waals surface area contributed by atoms with Crippen LogP contribution in [0.25, 0.3) is 0 Å². The van der Waals surface area contributed by atoms with Gasteiger partial charge in [0.1, 0.15) is 6.04 Å². The molecule has 2 aliphatic heterocycles. The number of hydrogen-bond acceptors (Lipinski definition) is 6. The van der Waals surface area contributed by atoms with E-state index in [9.17, 15) is 19.6 Å². The second-order valence-corrected chi connectivity index (χ2v) is 9.73. The van der Waals surface area contributed by atoms with E-state index in [1.165, 1.54) is 27.6 Å². The van der Waals surface area contributed by atoms with E-state index in [1.54, 1.807) is 42.2 Å². The molecule has 0 saturated carbocycles. The summed E-state index contributed by atoms with van der Waals surface area (Å²) in [7, 11) is 0. The van der Waals surface area contributed by atoms with Crippen LogP contribution in [0.1, 0.15) is 44.6 Å². The van der Waals surface area contributed by atoms with Gasteiger partial charge >= 0.3 is 6.03 Å². The average Bonchev–Trinajstić information content (AvgIpc) is 3.60. The number of imide groups is 1. The Morgan fingerprint density at radius 3 is 2.34 bits per heavy atom. The van der Waals surface area contributed by atoms with Gasteiger partial charge in [0.25, 0.3) is 5.91 Å². The lowest BCUT2D eigenvalue weighted by atomic mass is 9.78. The number of hydrogen-bond donors (Lipinski definition) is 0. The molecule has 0 radical (unpaired) electrons. The third-order valence-corrected chi connectivity index (χ3v) is 8.11. The highest BCUT2D eigenvalue weighted by Gasteiger charge is 2.63. The largest absolute Gasteiger partial charge is 0.328 e. The molecule has 6 nitrogen and oxygen atoms in total. The molecular formula is C24H19N3O3S2. The molecule has 4 atom stereocenters. The number of benzene rings is 1. The van der Waals surface area contributed by atoms with Crippen LogP contribution in [0.3, 0.4) is 0 Å². The van der Waals surface area contributed by atoms with Crippen molar-refractivity contribution in [2.75, 3.05) is 6.54 Å². The minimum atomic E-state index is -0.753. The monoisotopic (exact) mass is 461 g/mol. The number of nitrogens with zero attached hydrogens (tertiary/aromatic N) is 3. The smallest absolute Gasteiger partial charge is 0.303 e. The van der Waals surface area contributed by atoms with Crippen LogP contribution in [0.2, 0.25) is 0 Å². The molecule has 32 heavy (non-hydrogen) atoms. The molecular weight excluding hydrogens is 442 g/mol. The fraction of sp³-hybridized carbons (Fsp3) is 0.250. The molecule has 160 valence electrons. The van der Waals surface area contributed by atoms with Gasteiger partial charge in [0.05, 0.1) is 28.5 Å². The molecule has 0 spiro atoms. The van der Waals surface area contributed by atoms with Crippen molar-refractivity contribution < 1.29 is 14.4 Å². The maximum Gasteiger partial charge on any atom is 0.328 e. The van der Waals surface area contributed by atoms with Gasteiger partial charge in [0.2, 0.25) is 0 Å². The Bertz CT molecular complexity index is 1210. The molecule has 4 heterocycles. The third kappa shape index (κ3) is 3.00. The Labute approximate surface area is 193 Å². The van der Waals surface area contributed by atoms with Crippen molar-refractivity contribution in [3.8, 4) is 6.07 Å². The van der Waals surface area contributed by atoms with Gasteiger partial charge in [-0.3, -0.25) is 14.5 Å². The van der Waals surface area contributed by atoms with Crippen LogP contribution >= 0.6 is 22.7 Å². The number of fused-ring (bicyclic) bond motifs is 1. The summed E-state index contributed by atoms with van der Waals surface area (Å²) in [6.07, 6.45) is 0. The minimum absolute atomic E-state index is 0.0641. The standard InChI is InChI=1S/C24H19N3O3S2/c1-2-26-23(29)21-18(15-9-7-14(13-25)8-10-15)19(22(28)17-6-4-12-32-17)20(27(21)24(26)30)16-5-3-11-31-16/h3-12,18-21H,2H2,1H3. The molecule has 2 aromatic heterocycles. The van der Waals surface area contributed by atoms with Crippen LogP contribution < -0.4 is 0 Å². The number of likely N-dealkylation sites (N-methyl/N-ethyl adjacent to an activating group) is 1. The molecule has 2 fully saturated rings. The highest BCUT2D eigenvalue weighted by Crippen LogP contribution is 2.54. The molecule has 3 aromatic rings. The van der Waals surface area contributed by atoms with Crippen LogP contribution in [-0.4, -0.2) is 40.1 Å². The lowest BCUT2D eigenvalue weighted by Crippen LogP contribution is -2.37. The lowest BCUT2D eigenvalue weighted by molar-refractivity contribution is -0.128. The Balaban J connectivity index is 1.71. The minimum Gasteiger partial charge on any atom is -0.303 e. The van der Waals surface area contributed by atoms with Gasteiger partial charge in [-0.2, -0.15) is 5.26 Å². The van der Waals surface area contributed by atoms with Crippen LogP contribution in [0.5, 0.6) is 0 Å². The molecule has 0 N–H and O–H groups in total. The first kappa shape index (κ1) is 20.6. The van der Waals surface area contributed by atoms with Crippen molar-refractivity contribution in [1.82, 2.24) is 9.80 Å². The highest BCUT2D eigenvalue weighted by molar-refractivity contribution is 7.12. The molecule has 5 rings (SSSR count). The zero-order valence-corrected chi connectivity index (χ0v) is 18.8. The van der Waals surface area contributed by atoms with Crippen LogP contribution in [-0.2, 0) is 4.79 Å². The molecule has 2 aliphatic rings. The predicted molar refractivity (Wildman–Crippen MR) is 122 cm³/mol. The van der Waals surface area contributed by atoms with E-state index < -0.39 is 23.9 Å². The summed E-state index contributed by atoms with van der Waals surface area (Å²) in [6.45, 7) is 2.06.